The molecule has 2 heterocycles. The van der Waals surface area contributed by atoms with E-state index < -0.39 is 8.32 Å². The van der Waals surface area contributed by atoms with Crippen LogP contribution in [0.3, 0.4) is 0 Å². The summed E-state index contributed by atoms with van der Waals surface area (Å²) in [6.45, 7) is 21.5. The number of unbranched alkanes of at least 4 members (excludes halogenated alkanes) is 3. The Kier molecular flexibility index (Phi) is 10.4. The number of hydrogen-bond acceptors (Lipinski definition) is 5. The predicted molar refractivity (Wildman–Crippen MR) is 140 cm³/mol. The molecule has 0 N–H and O–H groups in total. The standard InChI is InChI=1S/C25H48N3O2SSi/c1-10-11-12-13-17-29-25-24(26-31-27-25)23-15-14-16-28(9,18-23)22(8)30-32(19(2)3,20(4)5)21(6)7/h15,19-22H,10-14,16-18H2,1-9H3/q+1/t22-,28?/m0/s1. The monoisotopic (exact) mass is 482 g/mol. The Bertz CT molecular complexity index is 713. The molecule has 1 aromatic heterocycles. The maximum absolute atomic E-state index is 7.18. The maximum atomic E-state index is 7.18. The number of likely N-dealkylation sites (N-methyl/N-ethyl adjacent to an activating group) is 1. The minimum atomic E-state index is -1.94. The van der Waals surface area contributed by atoms with Crippen LogP contribution in [0.1, 0.15) is 93.2 Å². The largest absolute Gasteiger partial charge is 0.475 e. The van der Waals surface area contributed by atoms with Crippen molar-refractivity contribution in [2.75, 3.05) is 26.7 Å². The highest BCUT2D eigenvalue weighted by Gasteiger charge is 2.49. The Morgan fingerprint density at radius 3 is 2.25 bits per heavy atom. The molecule has 0 spiro atoms. The molecule has 7 heteroatoms. The van der Waals surface area contributed by atoms with Gasteiger partial charge in [-0.15, -0.1) is 4.37 Å². The van der Waals surface area contributed by atoms with E-state index in [1.165, 1.54) is 36.6 Å². The highest BCUT2D eigenvalue weighted by atomic mass is 32.1. The molecular formula is C25H48N3O2SSi+. The van der Waals surface area contributed by atoms with Crippen LogP contribution in [0.5, 0.6) is 5.88 Å². The summed E-state index contributed by atoms with van der Waals surface area (Å²) in [5.74, 6) is 0.718. The minimum Gasteiger partial charge on any atom is -0.475 e. The number of quaternary nitrogens is 1. The van der Waals surface area contributed by atoms with Gasteiger partial charge < -0.3 is 9.16 Å². The lowest BCUT2D eigenvalue weighted by molar-refractivity contribution is -0.944. The van der Waals surface area contributed by atoms with Crippen LogP contribution in [0.4, 0.5) is 0 Å². The zero-order valence-corrected chi connectivity index (χ0v) is 23.9. The van der Waals surface area contributed by atoms with E-state index in [9.17, 15) is 0 Å². The van der Waals surface area contributed by atoms with Crippen LogP contribution < -0.4 is 4.74 Å². The molecule has 2 atom stereocenters. The van der Waals surface area contributed by atoms with Crippen molar-refractivity contribution in [2.45, 2.75) is 110 Å². The van der Waals surface area contributed by atoms with Crippen molar-refractivity contribution >= 4 is 25.6 Å². The fraction of sp³-hybridized carbons (Fsp3) is 0.840. The Hall–Kier alpha value is -0.763. The third-order valence-electron chi connectivity index (χ3n) is 7.52. The first kappa shape index (κ1) is 27.5. The third-order valence-corrected chi connectivity index (χ3v) is 14.2. The molecule has 1 aliphatic rings. The van der Waals surface area contributed by atoms with E-state index in [1.807, 2.05) is 0 Å². The zero-order valence-electron chi connectivity index (χ0n) is 22.1. The third kappa shape index (κ3) is 6.22. The van der Waals surface area contributed by atoms with Crippen molar-refractivity contribution in [2.24, 2.45) is 0 Å². The summed E-state index contributed by atoms with van der Waals surface area (Å²) in [7, 11) is 0.415. The summed E-state index contributed by atoms with van der Waals surface area (Å²) in [6, 6.07) is 0. The molecule has 0 radical (unpaired) electrons. The molecule has 2 rings (SSSR count). The van der Waals surface area contributed by atoms with Crippen LogP contribution in [-0.4, -0.2) is 54.5 Å². The molecule has 5 nitrogen and oxygen atoms in total. The fourth-order valence-electron chi connectivity index (χ4n) is 5.55. The lowest BCUT2D eigenvalue weighted by atomic mass is 10.0. The van der Waals surface area contributed by atoms with Gasteiger partial charge in [-0.05, 0) is 23.0 Å². The van der Waals surface area contributed by atoms with Crippen LogP contribution in [0.25, 0.3) is 5.57 Å². The Balaban J connectivity index is 2.14. The summed E-state index contributed by atoms with van der Waals surface area (Å²) in [5, 5.41) is 0. The maximum Gasteiger partial charge on any atom is 0.253 e. The average molecular weight is 483 g/mol. The molecule has 0 amide bonds. The molecule has 0 saturated heterocycles. The quantitative estimate of drug-likeness (QED) is 0.168. The highest BCUT2D eigenvalue weighted by Crippen LogP contribution is 2.44. The van der Waals surface area contributed by atoms with Crippen molar-refractivity contribution in [1.82, 2.24) is 8.75 Å². The summed E-state index contributed by atoms with van der Waals surface area (Å²) < 4.78 is 23.2. The van der Waals surface area contributed by atoms with E-state index in [2.05, 4.69) is 77.3 Å². The van der Waals surface area contributed by atoms with Gasteiger partial charge in [-0.2, -0.15) is 4.37 Å². The van der Waals surface area contributed by atoms with Crippen LogP contribution in [-0.2, 0) is 4.43 Å². The number of aromatic nitrogens is 2. The zero-order chi connectivity index (χ0) is 23.9. The molecule has 1 aliphatic heterocycles. The van der Waals surface area contributed by atoms with E-state index in [4.69, 9.17) is 9.16 Å². The SMILES string of the molecule is CCCCCCOc1nsnc1C1=CCC[N+](C)([C@H](C)O[Si](C(C)C)(C(C)C)C(C)C)C1. The minimum absolute atomic E-state index is 0.155. The van der Waals surface area contributed by atoms with Crippen LogP contribution in [0, 0.1) is 0 Å². The van der Waals surface area contributed by atoms with E-state index in [1.54, 1.807) is 0 Å². The van der Waals surface area contributed by atoms with Gasteiger partial charge in [-0.1, -0.05) is 73.8 Å². The molecular weight excluding hydrogens is 434 g/mol. The van der Waals surface area contributed by atoms with Crippen LogP contribution in [0.2, 0.25) is 16.6 Å². The van der Waals surface area contributed by atoms with Gasteiger partial charge in [0.15, 0.2) is 6.23 Å². The molecule has 0 saturated carbocycles. The molecule has 0 bridgehead atoms. The number of rotatable bonds is 13. The Morgan fingerprint density at radius 1 is 1.00 bits per heavy atom. The normalized spacial score (nSPS) is 20.8. The Labute approximate surface area is 202 Å². The van der Waals surface area contributed by atoms with E-state index in [0.717, 1.165) is 48.6 Å². The van der Waals surface area contributed by atoms with Gasteiger partial charge >= 0.3 is 0 Å². The van der Waals surface area contributed by atoms with Gasteiger partial charge in [-0.25, -0.2) is 0 Å². The summed E-state index contributed by atoms with van der Waals surface area (Å²) >= 11 is 1.26. The summed E-state index contributed by atoms with van der Waals surface area (Å²) in [4.78, 5) is 0. The molecule has 1 unspecified atom stereocenters. The van der Waals surface area contributed by atoms with Gasteiger partial charge in [0.25, 0.3) is 5.88 Å². The Morgan fingerprint density at radius 2 is 1.66 bits per heavy atom. The van der Waals surface area contributed by atoms with Gasteiger partial charge in [0.2, 0.25) is 8.32 Å². The molecule has 0 aliphatic carbocycles. The average Bonchev–Trinajstić information content (AvgIpc) is 3.19. The van der Waals surface area contributed by atoms with Gasteiger partial charge in [-0.3, -0.25) is 4.48 Å². The second kappa shape index (κ2) is 12.1. The van der Waals surface area contributed by atoms with Crippen molar-refractivity contribution in [3.05, 3.63) is 11.8 Å². The predicted octanol–water partition coefficient (Wildman–Crippen LogP) is 7.27. The lowest BCUT2D eigenvalue weighted by Crippen LogP contribution is -2.60. The summed E-state index contributed by atoms with van der Waals surface area (Å²) in [6.07, 6.45) is 8.32. The molecule has 32 heavy (non-hydrogen) atoms. The first-order valence-corrected chi connectivity index (χ1v) is 15.6. The fourth-order valence-corrected chi connectivity index (χ4v) is 11.7. The van der Waals surface area contributed by atoms with Crippen molar-refractivity contribution in [3.8, 4) is 5.88 Å². The van der Waals surface area contributed by atoms with Crippen molar-refractivity contribution in [1.29, 1.82) is 0 Å². The first-order chi connectivity index (χ1) is 15.1. The van der Waals surface area contributed by atoms with Crippen molar-refractivity contribution < 1.29 is 13.6 Å². The molecule has 0 fully saturated rings. The molecule has 1 aromatic rings. The highest BCUT2D eigenvalue weighted by molar-refractivity contribution is 6.99. The second-order valence-electron chi connectivity index (χ2n) is 10.7. The molecule has 0 aromatic carbocycles. The smallest absolute Gasteiger partial charge is 0.253 e. The number of nitrogens with zero attached hydrogens (tertiary/aromatic N) is 3. The topological polar surface area (TPSA) is 44.2 Å². The molecule has 184 valence electrons. The van der Waals surface area contributed by atoms with Crippen LogP contribution >= 0.6 is 11.7 Å². The van der Waals surface area contributed by atoms with Crippen molar-refractivity contribution in [3.63, 3.8) is 0 Å². The lowest BCUT2D eigenvalue weighted by Gasteiger charge is -2.49. The number of ether oxygens (including phenoxy) is 1. The van der Waals surface area contributed by atoms with Gasteiger partial charge in [0, 0.05) is 18.9 Å². The first-order valence-electron chi connectivity index (χ1n) is 12.7. The van der Waals surface area contributed by atoms with Gasteiger partial charge in [0.1, 0.15) is 12.2 Å². The number of hydrogen-bond donors (Lipinski definition) is 0. The van der Waals surface area contributed by atoms with E-state index in [-0.39, 0.29) is 6.23 Å². The van der Waals surface area contributed by atoms with Gasteiger partial charge in [0.05, 0.1) is 31.9 Å². The van der Waals surface area contributed by atoms with Crippen LogP contribution in [0.15, 0.2) is 6.08 Å². The van der Waals surface area contributed by atoms with E-state index in [0.29, 0.717) is 16.6 Å². The summed E-state index contributed by atoms with van der Waals surface area (Å²) in [5.41, 5.74) is 3.98. The van der Waals surface area contributed by atoms with E-state index >= 15 is 0 Å². The second-order valence-corrected chi connectivity index (χ2v) is 16.7.